The van der Waals surface area contributed by atoms with E-state index >= 15 is 0 Å². The molecule has 3 nitrogen and oxygen atoms in total. The van der Waals surface area contributed by atoms with Gasteiger partial charge in [0.25, 0.3) is 0 Å². The van der Waals surface area contributed by atoms with Crippen molar-refractivity contribution in [3.63, 3.8) is 0 Å². The molecular formula is C16H15Cl2NO2. The highest BCUT2D eigenvalue weighted by Crippen LogP contribution is 2.31. The SMILES string of the molecule is COc1cc(Cl)c(C)cc1NC(=O)Cc1ccc(Cl)cc1. The minimum atomic E-state index is -0.127. The van der Waals surface area contributed by atoms with Crippen LogP contribution in [-0.2, 0) is 11.2 Å². The maximum absolute atomic E-state index is 12.1. The molecule has 110 valence electrons. The predicted octanol–water partition coefficient (Wildman–Crippen LogP) is 4.49. The number of hydrogen-bond acceptors (Lipinski definition) is 2. The molecular weight excluding hydrogens is 309 g/mol. The van der Waals surface area contributed by atoms with Gasteiger partial charge in [-0.05, 0) is 36.2 Å². The molecule has 0 heterocycles. The summed E-state index contributed by atoms with van der Waals surface area (Å²) < 4.78 is 5.23. The first-order valence-electron chi connectivity index (χ1n) is 6.38. The van der Waals surface area contributed by atoms with Gasteiger partial charge in [-0.3, -0.25) is 4.79 Å². The molecule has 0 spiro atoms. The van der Waals surface area contributed by atoms with Gasteiger partial charge in [-0.1, -0.05) is 35.3 Å². The highest BCUT2D eigenvalue weighted by Gasteiger charge is 2.11. The number of hydrogen-bond donors (Lipinski definition) is 1. The average molecular weight is 324 g/mol. The lowest BCUT2D eigenvalue weighted by molar-refractivity contribution is -0.115. The maximum atomic E-state index is 12.1. The van der Waals surface area contributed by atoms with E-state index < -0.39 is 0 Å². The number of nitrogens with one attached hydrogen (secondary N) is 1. The normalized spacial score (nSPS) is 10.3. The van der Waals surface area contributed by atoms with Crippen LogP contribution in [0.25, 0.3) is 0 Å². The highest BCUT2D eigenvalue weighted by atomic mass is 35.5. The number of halogens is 2. The molecule has 0 saturated carbocycles. The van der Waals surface area contributed by atoms with Crippen LogP contribution >= 0.6 is 23.2 Å². The monoisotopic (exact) mass is 323 g/mol. The summed E-state index contributed by atoms with van der Waals surface area (Å²) in [4.78, 5) is 12.1. The van der Waals surface area contributed by atoms with Crippen molar-refractivity contribution in [2.45, 2.75) is 13.3 Å². The Hall–Kier alpha value is -1.71. The molecule has 5 heteroatoms. The van der Waals surface area contributed by atoms with Crippen molar-refractivity contribution in [1.82, 2.24) is 0 Å². The number of benzene rings is 2. The van der Waals surface area contributed by atoms with E-state index in [0.29, 0.717) is 21.5 Å². The van der Waals surface area contributed by atoms with Crippen LogP contribution < -0.4 is 10.1 Å². The third kappa shape index (κ3) is 4.13. The van der Waals surface area contributed by atoms with Crippen LogP contribution in [0.3, 0.4) is 0 Å². The van der Waals surface area contributed by atoms with Gasteiger partial charge in [0.15, 0.2) is 0 Å². The van der Waals surface area contributed by atoms with Crippen molar-refractivity contribution in [3.8, 4) is 5.75 Å². The minimum Gasteiger partial charge on any atom is -0.495 e. The molecule has 0 radical (unpaired) electrons. The molecule has 0 aliphatic heterocycles. The number of amides is 1. The van der Waals surface area contributed by atoms with Crippen molar-refractivity contribution in [2.75, 3.05) is 12.4 Å². The fourth-order valence-corrected chi connectivity index (χ4v) is 2.19. The molecule has 0 bridgehead atoms. The lowest BCUT2D eigenvalue weighted by Gasteiger charge is -2.12. The zero-order valence-corrected chi connectivity index (χ0v) is 13.3. The molecule has 2 aromatic rings. The van der Waals surface area contributed by atoms with Gasteiger partial charge in [0.05, 0.1) is 19.2 Å². The first-order chi connectivity index (χ1) is 9.99. The molecule has 0 atom stereocenters. The lowest BCUT2D eigenvalue weighted by Crippen LogP contribution is -2.15. The number of carbonyl (C=O) groups excluding carboxylic acids is 1. The van der Waals surface area contributed by atoms with Crippen molar-refractivity contribution < 1.29 is 9.53 Å². The van der Waals surface area contributed by atoms with Crippen LogP contribution in [0, 0.1) is 6.92 Å². The van der Waals surface area contributed by atoms with Crippen molar-refractivity contribution in [3.05, 3.63) is 57.6 Å². The number of methoxy groups -OCH3 is 1. The lowest BCUT2D eigenvalue weighted by atomic mass is 10.1. The van der Waals surface area contributed by atoms with Gasteiger partial charge in [-0.15, -0.1) is 0 Å². The van der Waals surface area contributed by atoms with E-state index in [2.05, 4.69) is 5.32 Å². The molecule has 21 heavy (non-hydrogen) atoms. The van der Waals surface area contributed by atoms with Crippen molar-refractivity contribution in [2.24, 2.45) is 0 Å². The maximum Gasteiger partial charge on any atom is 0.228 e. The largest absolute Gasteiger partial charge is 0.495 e. The molecule has 2 rings (SSSR count). The van der Waals surface area contributed by atoms with Gasteiger partial charge >= 0.3 is 0 Å². The number of rotatable bonds is 4. The number of carbonyl (C=O) groups is 1. The summed E-state index contributed by atoms with van der Waals surface area (Å²) in [6, 6.07) is 10.7. The second kappa shape index (κ2) is 6.83. The van der Waals surface area contributed by atoms with Gasteiger partial charge in [0.2, 0.25) is 5.91 Å². The van der Waals surface area contributed by atoms with Crippen LogP contribution in [0.15, 0.2) is 36.4 Å². The number of ether oxygens (including phenoxy) is 1. The summed E-state index contributed by atoms with van der Waals surface area (Å²) in [5.41, 5.74) is 2.37. The second-order valence-electron chi connectivity index (χ2n) is 4.65. The van der Waals surface area contributed by atoms with Gasteiger partial charge in [-0.25, -0.2) is 0 Å². The summed E-state index contributed by atoms with van der Waals surface area (Å²) in [7, 11) is 1.54. The van der Waals surface area contributed by atoms with E-state index in [1.54, 1.807) is 24.3 Å². The van der Waals surface area contributed by atoms with Gasteiger partial charge < -0.3 is 10.1 Å². The van der Waals surface area contributed by atoms with E-state index in [1.165, 1.54) is 7.11 Å². The smallest absolute Gasteiger partial charge is 0.228 e. The van der Waals surface area contributed by atoms with E-state index in [0.717, 1.165) is 11.1 Å². The molecule has 0 fully saturated rings. The zero-order chi connectivity index (χ0) is 15.4. The van der Waals surface area contributed by atoms with Gasteiger partial charge in [0.1, 0.15) is 5.75 Å². The summed E-state index contributed by atoms with van der Waals surface area (Å²) in [5.74, 6) is 0.410. The highest BCUT2D eigenvalue weighted by molar-refractivity contribution is 6.31. The summed E-state index contributed by atoms with van der Waals surface area (Å²) in [6.45, 7) is 1.87. The zero-order valence-electron chi connectivity index (χ0n) is 11.7. The number of aryl methyl sites for hydroxylation is 1. The van der Waals surface area contributed by atoms with Gasteiger partial charge in [0, 0.05) is 16.1 Å². The second-order valence-corrected chi connectivity index (χ2v) is 5.50. The fourth-order valence-electron chi connectivity index (χ4n) is 1.91. The number of anilines is 1. The van der Waals surface area contributed by atoms with Crippen LogP contribution in [-0.4, -0.2) is 13.0 Å². The molecule has 0 aliphatic rings. The Bertz CT molecular complexity index is 654. The molecule has 0 aromatic heterocycles. The third-order valence-electron chi connectivity index (χ3n) is 3.03. The molecule has 1 amide bonds. The first-order valence-corrected chi connectivity index (χ1v) is 7.13. The summed E-state index contributed by atoms with van der Waals surface area (Å²) in [6.07, 6.45) is 0.266. The topological polar surface area (TPSA) is 38.3 Å². The van der Waals surface area contributed by atoms with E-state index in [4.69, 9.17) is 27.9 Å². The van der Waals surface area contributed by atoms with Crippen LogP contribution in [0.2, 0.25) is 10.0 Å². The predicted molar refractivity (Wildman–Crippen MR) is 86.5 cm³/mol. The fraction of sp³-hybridized carbons (Fsp3) is 0.188. The van der Waals surface area contributed by atoms with E-state index in [9.17, 15) is 4.79 Å². The first kappa shape index (κ1) is 15.7. The molecule has 0 aliphatic carbocycles. The van der Waals surface area contributed by atoms with Crippen LogP contribution in [0.4, 0.5) is 5.69 Å². The van der Waals surface area contributed by atoms with E-state index in [1.807, 2.05) is 19.1 Å². The molecule has 1 N–H and O–H groups in total. The van der Waals surface area contributed by atoms with Crippen LogP contribution in [0.5, 0.6) is 5.75 Å². The summed E-state index contributed by atoms with van der Waals surface area (Å²) in [5, 5.41) is 4.08. The van der Waals surface area contributed by atoms with E-state index in [-0.39, 0.29) is 12.3 Å². The van der Waals surface area contributed by atoms with Gasteiger partial charge in [-0.2, -0.15) is 0 Å². The van der Waals surface area contributed by atoms with Crippen molar-refractivity contribution in [1.29, 1.82) is 0 Å². The Labute approximate surface area is 133 Å². The Morgan fingerprint density at radius 2 is 1.86 bits per heavy atom. The molecule has 2 aromatic carbocycles. The molecule has 0 unspecified atom stereocenters. The van der Waals surface area contributed by atoms with Crippen LogP contribution in [0.1, 0.15) is 11.1 Å². The van der Waals surface area contributed by atoms with Crippen molar-refractivity contribution >= 4 is 34.8 Å². The quantitative estimate of drug-likeness (QED) is 0.900. The Morgan fingerprint density at radius 3 is 2.48 bits per heavy atom. The average Bonchev–Trinajstić information content (AvgIpc) is 2.45. The summed E-state index contributed by atoms with van der Waals surface area (Å²) >= 11 is 11.9. The standard InChI is InChI=1S/C16H15Cl2NO2/c1-10-7-14(15(21-2)9-13(10)18)19-16(20)8-11-3-5-12(17)6-4-11/h3-7,9H,8H2,1-2H3,(H,19,20). The Kier molecular flexibility index (Phi) is 5.10. The third-order valence-corrected chi connectivity index (χ3v) is 3.69. The minimum absolute atomic E-state index is 0.127. The Morgan fingerprint density at radius 1 is 1.19 bits per heavy atom. The Balaban J connectivity index is 2.12. The molecule has 0 saturated heterocycles.